The SMILES string of the molecule is CN1CCC23c4c5ccc(O)c4OC2C(OC(=O)[C@@H](CC(=O)O)OC(=O)CCC(=O)O)=CC[C@@]3(O)[C@H]1C5. The Labute approximate surface area is 211 Å². The third-order valence-corrected chi connectivity index (χ3v) is 8.01. The summed E-state index contributed by atoms with van der Waals surface area (Å²) in [7, 11) is 1.93. The fourth-order valence-corrected chi connectivity index (χ4v) is 6.38. The van der Waals surface area contributed by atoms with E-state index < -0.39 is 66.4 Å². The summed E-state index contributed by atoms with van der Waals surface area (Å²) in [6.45, 7) is 0.616. The lowest BCUT2D eigenvalue weighted by molar-refractivity contribution is -0.177. The van der Waals surface area contributed by atoms with E-state index in [2.05, 4.69) is 4.90 Å². The Hall–Kier alpha value is -3.64. The lowest BCUT2D eigenvalue weighted by Gasteiger charge is -2.61. The molecule has 4 aliphatic rings. The second kappa shape index (κ2) is 8.73. The molecule has 0 radical (unpaired) electrons. The van der Waals surface area contributed by atoms with Crippen LogP contribution in [0.25, 0.3) is 0 Å². The van der Waals surface area contributed by atoms with Crippen LogP contribution in [-0.4, -0.2) is 86.6 Å². The third-order valence-electron chi connectivity index (χ3n) is 8.01. The van der Waals surface area contributed by atoms with Gasteiger partial charge in [0.15, 0.2) is 17.6 Å². The van der Waals surface area contributed by atoms with Crippen molar-refractivity contribution in [1.82, 2.24) is 4.90 Å². The first-order valence-corrected chi connectivity index (χ1v) is 12.0. The van der Waals surface area contributed by atoms with Gasteiger partial charge in [-0.15, -0.1) is 0 Å². The van der Waals surface area contributed by atoms with Crippen molar-refractivity contribution >= 4 is 23.9 Å². The number of piperidine rings is 1. The van der Waals surface area contributed by atoms with E-state index >= 15 is 0 Å². The molecule has 2 aliphatic heterocycles. The maximum absolute atomic E-state index is 13.0. The molecule has 12 heteroatoms. The molecule has 1 saturated heterocycles. The van der Waals surface area contributed by atoms with E-state index in [0.717, 1.165) is 5.56 Å². The monoisotopic (exact) mass is 517 g/mol. The number of esters is 2. The van der Waals surface area contributed by atoms with Gasteiger partial charge in [0, 0.05) is 18.0 Å². The van der Waals surface area contributed by atoms with Gasteiger partial charge in [-0.05, 0) is 44.1 Å². The average molecular weight is 517 g/mol. The number of rotatable bonds is 8. The van der Waals surface area contributed by atoms with Crippen LogP contribution in [0.4, 0.5) is 0 Å². The molecule has 2 unspecified atom stereocenters. The van der Waals surface area contributed by atoms with Crippen molar-refractivity contribution in [3.8, 4) is 11.5 Å². The molecule has 0 aromatic heterocycles. The molecule has 198 valence electrons. The van der Waals surface area contributed by atoms with Gasteiger partial charge in [0.25, 0.3) is 0 Å². The number of hydrogen-bond acceptors (Lipinski definition) is 10. The standard InChI is InChI=1S/C25H27NO11/c1-26-9-8-24-20-12-2-3-13(27)21(20)37-22(24)14(6-7-25(24,34)16(26)10-12)36-23(33)15(11-18(30)31)35-19(32)5-4-17(28)29/h2-3,6,15-16,22,27,34H,4-5,7-11H2,1H3,(H,28,29)(H,30,31)/t15-,16-,22?,24?,25-/m1/s1. The van der Waals surface area contributed by atoms with Crippen LogP contribution >= 0.6 is 0 Å². The molecule has 5 atom stereocenters. The molecule has 2 bridgehead atoms. The fraction of sp³-hybridized carbons (Fsp3) is 0.520. The van der Waals surface area contributed by atoms with E-state index in [0.29, 0.717) is 24.9 Å². The van der Waals surface area contributed by atoms with Gasteiger partial charge >= 0.3 is 23.9 Å². The molecule has 5 rings (SSSR count). The molecular formula is C25H27NO11. The van der Waals surface area contributed by atoms with Crippen molar-refractivity contribution in [1.29, 1.82) is 0 Å². The minimum Gasteiger partial charge on any atom is -0.504 e. The van der Waals surface area contributed by atoms with E-state index in [1.807, 2.05) is 7.05 Å². The van der Waals surface area contributed by atoms with Gasteiger partial charge in [-0.1, -0.05) is 6.07 Å². The Balaban J connectivity index is 1.46. The van der Waals surface area contributed by atoms with E-state index in [4.69, 9.17) is 19.3 Å². The van der Waals surface area contributed by atoms with Gasteiger partial charge in [0.05, 0.1) is 30.3 Å². The minimum atomic E-state index is -1.82. The fourth-order valence-electron chi connectivity index (χ4n) is 6.38. The van der Waals surface area contributed by atoms with Gasteiger partial charge in [0.2, 0.25) is 6.10 Å². The number of carboxylic acids is 2. The number of phenolic OH excluding ortho intramolecular Hbond substituents is 1. The molecule has 2 heterocycles. The molecule has 37 heavy (non-hydrogen) atoms. The number of hydrogen-bond donors (Lipinski definition) is 4. The number of nitrogens with zero attached hydrogens (tertiary/aromatic N) is 1. The number of carboxylic acid groups (broad SMARTS) is 2. The first-order chi connectivity index (χ1) is 17.5. The number of benzene rings is 1. The number of phenols is 1. The second-order valence-electron chi connectivity index (χ2n) is 9.99. The van der Waals surface area contributed by atoms with Gasteiger partial charge in [-0.2, -0.15) is 0 Å². The zero-order valence-corrected chi connectivity index (χ0v) is 20.0. The molecule has 2 aliphatic carbocycles. The molecule has 1 spiro atoms. The Morgan fingerprint density at radius 3 is 2.65 bits per heavy atom. The van der Waals surface area contributed by atoms with Gasteiger partial charge in [0.1, 0.15) is 5.76 Å². The summed E-state index contributed by atoms with van der Waals surface area (Å²) in [6, 6.07) is 3.08. The lowest BCUT2D eigenvalue weighted by atomic mass is 9.50. The predicted molar refractivity (Wildman–Crippen MR) is 122 cm³/mol. The number of ether oxygens (including phenoxy) is 3. The van der Waals surface area contributed by atoms with Crippen molar-refractivity contribution in [3.63, 3.8) is 0 Å². The number of likely N-dealkylation sites (N-methyl/N-ethyl adjacent to an activating group) is 1. The highest BCUT2D eigenvalue weighted by Gasteiger charge is 2.72. The Morgan fingerprint density at radius 2 is 1.95 bits per heavy atom. The van der Waals surface area contributed by atoms with Crippen molar-refractivity contribution < 1.29 is 53.8 Å². The summed E-state index contributed by atoms with van der Waals surface area (Å²) < 4.78 is 16.7. The minimum absolute atomic E-state index is 0.0263. The number of likely N-dealkylation sites (tertiary alicyclic amines) is 1. The Morgan fingerprint density at radius 1 is 1.19 bits per heavy atom. The Bertz CT molecular complexity index is 1230. The molecule has 1 fully saturated rings. The number of aliphatic hydroxyl groups is 1. The molecule has 4 N–H and O–H groups in total. The van der Waals surface area contributed by atoms with Gasteiger partial charge < -0.3 is 39.5 Å². The van der Waals surface area contributed by atoms with Crippen molar-refractivity contribution in [3.05, 3.63) is 35.1 Å². The van der Waals surface area contributed by atoms with E-state index in [-0.39, 0.29) is 29.7 Å². The van der Waals surface area contributed by atoms with Crippen LogP contribution in [0.1, 0.15) is 43.2 Å². The summed E-state index contributed by atoms with van der Waals surface area (Å²) in [5, 5.41) is 40.6. The summed E-state index contributed by atoms with van der Waals surface area (Å²) in [5.41, 5.74) is -0.694. The highest BCUT2D eigenvalue weighted by atomic mass is 16.6. The lowest BCUT2D eigenvalue weighted by Crippen LogP contribution is -2.74. The predicted octanol–water partition coefficient (Wildman–Crippen LogP) is 0.464. The molecular weight excluding hydrogens is 490 g/mol. The number of aliphatic carboxylic acids is 2. The van der Waals surface area contributed by atoms with Crippen molar-refractivity contribution in [2.24, 2.45) is 0 Å². The normalized spacial score (nSPS) is 29.8. The smallest absolute Gasteiger partial charge is 0.353 e. The number of aromatic hydroxyl groups is 1. The molecule has 0 amide bonds. The quantitative estimate of drug-likeness (QED) is 0.351. The van der Waals surface area contributed by atoms with E-state index in [1.165, 1.54) is 12.1 Å². The van der Waals surface area contributed by atoms with Crippen molar-refractivity contribution in [2.45, 2.75) is 67.8 Å². The van der Waals surface area contributed by atoms with Crippen LogP contribution in [0.2, 0.25) is 0 Å². The van der Waals surface area contributed by atoms with E-state index in [9.17, 15) is 34.5 Å². The zero-order chi connectivity index (χ0) is 26.7. The number of carbonyl (C=O) groups excluding carboxylic acids is 2. The topological polar surface area (TPSA) is 180 Å². The highest BCUT2D eigenvalue weighted by molar-refractivity contribution is 5.85. The second-order valence-corrected chi connectivity index (χ2v) is 9.99. The summed E-state index contributed by atoms with van der Waals surface area (Å²) in [6.07, 6.45) is -2.16. The highest BCUT2D eigenvalue weighted by Crippen LogP contribution is 2.65. The van der Waals surface area contributed by atoms with Crippen molar-refractivity contribution in [2.75, 3.05) is 13.6 Å². The third kappa shape index (κ3) is 3.74. The first-order valence-electron chi connectivity index (χ1n) is 12.0. The summed E-state index contributed by atoms with van der Waals surface area (Å²) >= 11 is 0. The molecule has 12 nitrogen and oxygen atoms in total. The molecule has 1 aromatic rings. The van der Waals surface area contributed by atoms with Crippen LogP contribution in [0.5, 0.6) is 11.5 Å². The largest absolute Gasteiger partial charge is 0.504 e. The van der Waals surface area contributed by atoms with Gasteiger partial charge in [-0.3, -0.25) is 14.4 Å². The first kappa shape index (κ1) is 25.0. The van der Waals surface area contributed by atoms with Gasteiger partial charge in [-0.25, -0.2) is 4.79 Å². The number of carbonyl (C=O) groups is 4. The maximum atomic E-state index is 13.0. The molecule has 1 aromatic carbocycles. The zero-order valence-electron chi connectivity index (χ0n) is 20.0. The maximum Gasteiger partial charge on any atom is 0.353 e. The van der Waals surface area contributed by atoms with Crippen LogP contribution in [0.15, 0.2) is 24.0 Å². The van der Waals surface area contributed by atoms with Crippen LogP contribution < -0.4 is 4.74 Å². The molecule has 0 saturated carbocycles. The average Bonchev–Trinajstić information content (AvgIpc) is 3.19. The van der Waals surface area contributed by atoms with Crippen LogP contribution in [0, 0.1) is 0 Å². The van der Waals surface area contributed by atoms with E-state index in [1.54, 1.807) is 6.07 Å². The van der Waals surface area contributed by atoms with Crippen LogP contribution in [0.3, 0.4) is 0 Å². The van der Waals surface area contributed by atoms with Crippen LogP contribution in [-0.2, 0) is 40.5 Å². The summed E-state index contributed by atoms with van der Waals surface area (Å²) in [5.74, 6) is -4.76. The Kier molecular flexibility index (Phi) is 5.91. The summed E-state index contributed by atoms with van der Waals surface area (Å²) in [4.78, 5) is 49.2.